The maximum Gasteiger partial charge on any atom is 0.262 e. The lowest BCUT2D eigenvalue weighted by Gasteiger charge is -2.21. The second-order valence-corrected chi connectivity index (χ2v) is 8.36. The Morgan fingerprint density at radius 3 is 2.67 bits per heavy atom. The monoisotopic (exact) mass is 389 g/mol. The van der Waals surface area contributed by atoms with E-state index in [0.29, 0.717) is 22.7 Å². The van der Waals surface area contributed by atoms with Gasteiger partial charge >= 0.3 is 0 Å². The van der Waals surface area contributed by atoms with Crippen molar-refractivity contribution in [1.29, 1.82) is 0 Å². The molecule has 2 amide bonds. The van der Waals surface area contributed by atoms with Crippen molar-refractivity contribution in [2.24, 2.45) is 0 Å². The summed E-state index contributed by atoms with van der Waals surface area (Å²) >= 11 is 0. The first-order valence-electron chi connectivity index (χ1n) is 8.10. The molecule has 0 saturated carbocycles. The van der Waals surface area contributed by atoms with Crippen molar-refractivity contribution < 1.29 is 22.7 Å². The summed E-state index contributed by atoms with van der Waals surface area (Å²) in [5.74, 6) is -0.402. The molecule has 0 aromatic heterocycles. The van der Waals surface area contributed by atoms with Crippen LogP contribution >= 0.6 is 0 Å². The van der Waals surface area contributed by atoms with Gasteiger partial charge in [0.15, 0.2) is 12.4 Å². The molecule has 1 heterocycles. The van der Waals surface area contributed by atoms with Gasteiger partial charge in [0.25, 0.3) is 11.8 Å². The van der Waals surface area contributed by atoms with E-state index in [9.17, 15) is 18.0 Å². The fourth-order valence-electron chi connectivity index (χ4n) is 2.62. The van der Waals surface area contributed by atoms with Gasteiger partial charge in [0, 0.05) is 19.7 Å². The summed E-state index contributed by atoms with van der Waals surface area (Å²) in [7, 11) is -0.808. The van der Waals surface area contributed by atoms with Gasteiger partial charge in [0.05, 0.1) is 16.3 Å². The molecule has 1 aliphatic rings. The van der Waals surface area contributed by atoms with E-state index >= 15 is 0 Å². The van der Waals surface area contributed by atoms with Crippen LogP contribution in [0.3, 0.4) is 0 Å². The quantitative estimate of drug-likeness (QED) is 0.830. The summed E-state index contributed by atoms with van der Waals surface area (Å²) < 4.78 is 31.4. The molecule has 0 atom stereocenters. The SMILES string of the molecule is Cc1ccc(C(=O)Nc2cccc3c2OCC(=O)N3)cc1S(=O)(=O)N(C)C. The summed E-state index contributed by atoms with van der Waals surface area (Å²) in [6, 6.07) is 9.45. The molecule has 0 saturated heterocycles. The molecule has 0 unspecified atom stereocenters. The summed E-state index contributed by atoms with van der Waals surface area (Å²) in [4.78, 5) is 24.1. The summed E-state index contributed by atoms with van der Waals surface area (Å²) in [6.45, 7) is 1.53. The van der Waals surface area contributed by atoms with Crippen molar-refractivity contribution in [3.8, 4) is 5.75 Å². The molecule has 8 nitrogen and oxygen atoms in total. The van der Waals surface area contributed by atoms with Crippen LogP contribution < -0.4 is 15.4 Å². The van der Waals surface area contributed by atoms with Crippen molar-refractivity contribution in [2.75, 3.05) is 31.3 Å². The Morgan fingerprint density at radius 2 is 1.96 bits per heavy atom. The van der Waals surface area contributed by atoms with E-state index < -0.39 is 15.9 Å². The van der Waals surface area contributed by atoms with Crippen LogP contribution in [0.5, 0.6) is 5.75 Å². The molecule has 27 heavy (non-hydrogen) atoms. The smallest absolute Gasteiger partial charge is 0.262 e. The lowest BCUT2D eigenvalue weighted by Crippen LogP contribution is -2.26. The summed E-state index contributed by atoms with van der Waals surface area (Å²) in [5.41, 5.74) is 1.58. The first-order valence-corrected chi connectivity index (χ1v) is 9.54. The Bertz CT molecular complexity index is 1030. The highest BCUT2D eigenvalue weighted by molar-refractivity contribution is 7.89. The van der Waals surface area contributed by atoms with Gasteiger partial charge in [-0.3, -0.25) is 9.59 Å². The number of ether oxygens (including phenoxy) is 1. The fourth-order valence-corrected chi connectivity index (χ4v) is 3.77. The number of aryl methyl sites for hydroxylation is 1. The predicted molar refractivity (Wildman–Crippen MR) is 101 cm³/mol. The van der Waals surface area contributed by atoms with Crippen LogP contribution in [0.1, 0.15) is 15.9 Å². The van der Waals surface area contributed by atoms with Gasteiger partial charge in [-0.1, -0.05) is 12.1 Å². The maximum absolute atomic E-state index is 12.7. The second kappa shape index (κ2) is 7.01. The zero-order valence-corrected chi connectivity index (χ0v) is 15.9. The number of amides is 2. The number of benzene rings is 2. The van der Waals surface area contributed by atoms with Gasteiger partial charge in [-0.15, -0.1) is 0 Å². The maximum atomic E-state index is 12.7. The Labute approximate surface area is 157 Å². The zero-order valence-electron chi connectivity index (χ0n) is 15.1. The van der Waals surface area contributed by atoms with Crippen LogP contribution in [0, 0.1) is 6.92 Å². The highest BCUT2D eigenvalue weighted by atomic mass is 32.2. The minimum atomic E-state index is -3.68. The van der Waals surface area contributed by atoms with Crippen molar-refractivity contribution >= 4 is 33.2 Å². The van der Waals surface area contributed by atoms with Gasteiger partial charge in [-0.25, -0.2) is 12.7 Å². The number of fused-ring (bicyclic) bond motifs is 1. The number of anilines is 2. The largest absolute Gasteiger partial charge is 0.479 e. The number of hydrogen-bond donors (Lipinski definition) is 2. The van der Waals surface area contributed by atoms with Crippen molar-refractivity contribution in [1.82, 2.24) is 4.31 Å². The molecule has 9 heteroatoms. The zero-order chi connectivity index (χ0) is 19.8. The molecule has 1 aliphatic heterocycles. The standard InChI is InChI=1S/C18H19N3O5S/c1-11-7-8-12(9-15(11)27(24,25)21(2)3)18(23)20-14-6-4-5-13-17(14)26-10-16(22)19-13/h4-9H,10H2,1-3H3,(H,19,22)(H,20,23). The predicted octanol–water partition coefficient (Wildman–Crippen LogP) is 1.83. The minimum Gasteiger partial charge on any atom is -0.479 e. The van der Waals surface area contributed by atoms with E-state index in [-0.39, 0.29) is 23.0 Å². The number of para-hydroxylation sites is 1. The lowest BCUT2D eigenvalue weighted by atomic mass is 10.1. The molecule has 0 radical (unpaired) electrons. The average Bonchev–Trinajstić information content (AvgIpc) is 2.61. The van der Waals surface area contributed by atoms with Gasteiger partial charge < -0.3 is 15.4 Å². The van der Waals surface area contributed by atoms with E-state index in [2.05, 4.69) is 10.6 Å². The van der Waals surface area contributed by atoms with Crippen LogP contribution in [0.15, 0.2) is 41.3 Å². The molecule has 2 aromatic rings. The highest BCUT2D eigenvalue weighted by Gasteiger charge is 2.23. The van der Waals surface area contributed by atoms with Gasteiger partial charge in [0.2, 0.25) is 10.0 Å². The molecule has 0 bridgehead atoms. The molecular formula is C18H19N3O5S. The second-order valence-electron chi connectivity index (χ2n) is 6.24. The lowest BCUT2D eigenvalue weighted by molar-refractivity contribution is -0.118. The third kappa shape index (κ3) is 3.64. The van der Waals surface area contributed by atoms with Gasteiger partial charge in [-0.05, 0) is 36.8 Å². The first-order chi connectivity index (χ1) is 12.7. The van der Waals surface area contributed by atoms with Crippen LogP contribution in [0.2, 0.25) is 0 Å². The molecule has 142 valence electrons. The van der Waals surface area contributed by atoms with Crippen molar-refractivity contribution in [3.63, 3.8) is 0 Å². The Balaban J connectivity index is 1.93. The van der Waals surface area contributed by atoms with Gasteiger partial charge in [-0.2, -0.15) is 0 Å². The van der Waals surface area contributed by atoms with E-state index in [1.54, 1.807) is 37.3 Å². The number of rotatable bonds is 4. The average molecular weight is 389 g/mol. The third-order valence-electron chi connectivity index (χ3n) is 4.09. The van der Waals surface area contributed by atoms with E-state index in [0.717, 1.165) is 4.31 Å². The molecule has 0 spiro atoms. The van der Waals surface area contributed by atoms with E-state index in [1.165, 1.54) is 20.2 Å². The summed E-state index contributed by atoms with van der Waals surface area (Å²) in [6.07, 6.45) is 0. The Kier molecular flexibility index (Phi) is 4.90. The van der Waals surface area contributed by atoms with Crippen LogP contribution in [0.4, 0.5) is 11.4 Å². The number of sulfonamides is 1. The minimum absolute atomic E-state index is 0.0683. The van der Waals surface area contributed by atoms with E-state index in [1.807, 2.05) is 0 Å². The topological polar surface area (TPSA) is 105 Å². The normalized spacial score (nSPS) is 13.6. The number of nitrogens with zero attached hydrogens (tertiary/aromatic N) is 1. The summed E-state index contributed by atoms with van der Waals surface area (Å²) in [5, 5.41) is 5.37. The molecule has 2 aromatic carbocycles. The Morgan fingerprint density at radius 1 is 1.22 bits per heavy atom. The third-order valence-corrected chi connectivity index (χ3v) is 6.05. The molecule has 2 N–H and O–H groups in total. The number of carbonyl (C=O) groups is 2. The first kappa shape index (κ1) is 18.9. The van der Waals surface area contributed by atoms with Crippen LogP contribution in [-0.4, -0.2) is 45.2 Å². The number of nitrogens with one attached hydrogen (secondary N) is 2. The van der Waals surface area contributed by atoms with E-state index in [4.69, 9.17) is 4.74 Å². The van der Waals surface area contributed by atoms with Crippen LogP contribution in [0.25, 0.3) is 0 Å². The molecule has 0 aliphatic carbocycles. The van der Waals surface area contributed by atoms with Crippen molar-refractivity contribution in [2.45, 2.75) is 11.8 Å². The fraction of sp³-hybridized carbons (Fsp3) is 0.222. The molecular weight excluding hydrogens is 370 g/mol. The van der Waals surface area contributed by atoms with Crippen LogP contribution in [-0.2, 0) is 14.8 Å². The highest BCUT2D eigenvalue weighted by Crippen LogP contribution is 2.35. The number of carbonyl (C=O) groups excluding carboxylic acids is 2. The van der Waals surface area contributed by atoms with Crippen molar-refractivity contribution in [3.05, 3.63) is 47.5 Å². The Hall–Kier alpha value is -2.91. The number of hydrogen-bond acceptors (Lipinski definition) is 5. The van der Waals surface area contributed by atoms with Gasteiger partial charge in [0.1, 0.15) is 0 Å². The molecule has 3 rings (SSSR count). The molecule has 0 fully saturated rings.